The van der Waals surface area contributed by atoms with Gasteiger partial charge in [-0.05, 0) is 35.2 Å². The molecule has 0 radical (unpaired) electrons. The molecule has 15 heavy (non-hydrogen) atoms. The molecule has 76 valence electrons. The van der Waals surface area contributed by atoms with E-state index in [0.717, 1.165) is 12.0 Å². The molecule has 0 fully saturated rings. The number of rotatable bonds is 2. The fraction of sp³-hybridized carbons (Fsp3) is 0.200. The average molecular weight is 196 g/mol. The van der Waals surface area contributed by atoms with Crippen LogP contribution in [0.1, 0.15) is 25.0 Å². The molecule has 0 aliphatic heterocycles. The van der Waals surface area contributed by atoms with Crippen molar-refractivity contribution < 1.29 is 0 Å². The zero-order chi connectivity index (χ0) is 10.8. The van der Waals surface area contributed by atoms with Crippen molar-refractivity contribution in [1.29, 1.82) is 0 Å². The van der Waals surface area contributed by atoms with Gasteiger partial charge in [0.05, 0.1) is 0 Å². The van der Waals surface area contributed by atoms with Crippen LogP contribution in [-0.2, 0) is 6.42 Å². The van der Waals surface area contributed by atoms with Crippen molar-refractivity contribution in [3.8, 4) is 0 Å². The Kier molecular flexibility index (Phi) is 2.59. The first-order chi connectivity index (χ1) is 7.24. The van der Waals surface area contributed by atoms with Gasteiger partial charge in [-0.15, -0.1) is 0 Å². The Morgan fingerprint density at radius 2 is 1.73 bits per heavy atom. The molecule has 0 atom stereocenters. The van der Waals surface area contributed by atoms with Gasteiger partial charge >= 0.3 is 0 Å². The molecule has 0 unspecified atom stereocenters. The van der Waals surface area contributed by atoms with Crippen molar-refractivity contribution in [2.45, 2.75) is 20.3 Å². The molecule has 0 saturated carbocycles. The third kappa shape index (κ3) is 1.68. The van der Waals surface area contributed by atoms with Gasteiger partial charge < -0.3 is 0 Å². The molecule has 0 amide bonds. The molecule has 0 N–H and O–H groups in total. The maximum atomic E-state index is 4.03. The Balaban J connectivity index is 2.83. The van der Waals surface area contributed by atoms with E-state index in [4.69, 9.17) is 0 Å². The van der Waals surface area contributed by atoms with E-state index in [9.17, 15) is 0 Å². The van der Waals surface area contributed by atoms with Crippen LogP contribution in [0, 0.1) is 0 Å². The Morgan fingerprint density at radius 1 is 1.07 bits per heavy atom. The highest BCUT2D eigenvalue weighted by Crippen LogP contribution is 2.27. The molecular formula is C15H16. The largest absolute Gasteiger partial charge is 0.0955 e. The lowest BCUT2D eigenvalue weighted by atomic mass is 9.95. The minimum Gasteiger partial charge on any atom is -0.0955 e. The first kappa shape index (κ1) is 9.97. The summed E-state index contributed by atoms with van der Waals surface area (Å²) in [6.45, 7) is 8.29. The fourth-order valence-corrected chi connectivity index (χ4v) is 2.04. The smallest absolute Gasteiger partial charge is 0.0106 e. The summed E-state index contributed by atoms with van der Waals surface area (Å²) in [5.41, 5.74) is 3.81. The number of fused-ring (bicyclic) bond motifs is 1. The maximum Gasteiger partial charge on any atom is -0.0106 e. The molecular weight excluding hydrogens is 180 g/mol. The molecule has 2 aromatic rings. The molecule has 0 aromatic heterocycles. The van der Waals surface area contributed by atoms with Crippen LogP contribution in [0.25, 0.3) is 16.3 Å². The minimum atomic E-state index is 1.08. The van der Waals surface area contributed by atoms with Gasteiger partial charge in [-0.1, -0.05) is 55.5 Å². The van der Waals surface area contributed by atoms with Gasteiger partial charge in [-0.2, -0.15) is 0 Å². The van der Waals surface area contributed by atoms with Crippen LogP contribution in [0.5, 0.6) is 0 Å². The van der Waals surface area contributed by atoms with Crippen molar-refractivity contribution in [1.82, 2.24) is 0 Å². The lowest BCUT2D eigenvalue weighted by Crippen LogP contribution is -1.88. The molecule has 0 heteroatoms. The van der Waals surface area contributed by atoms with Crippen LogP contribution < -0.4 is 0 Å². The summed E-state index contributed by atoms with van der Waals surface area (Å²) in [5, 5.41) is 2.69. The average Bonchev–Trinajstić information content (AvgIpc) is 2.27. The van der Waals surface area contributed by atoms with E-state index in [2.05, 4.69) is 56.8 Å². The van der Waals surface area contributed by atoms with Gasteiger partial charge in [0.15, 0.2) is 0 Å². The Bertz CT molecular complexity index is 506. The minimum absolute atomic E-state index is 1.08. The van der Waals surface area contributed by atoms with E-state index < -0.39 is 0 Å². The fourth-order valence-electron chi connectivity index (χ4n) is 2.04. The van der Waals surface area contributed by atoms with E-state index in [1.807, 2.05) is 0 Å². The summed E-state index contributed by atoms with van der Waals surface area (Å²) >= 11 is 0. The Labute approximate surface area is 91.2 Å². The Hall–Kier alpha value is -1.56. The van der Waals surface area contributed by atoms with Crippen LogP contribution in [0.15, 0.2) is 43.0 Å². The summed E-state index contributed by atoms with van der Waals surface area (Å²) in [4.78, 5) is 0. The summed E-state index contributed by atoms with van der Waals surface area (Å²) < 4.78 is 0. The Morgan fingerprint density at radius 3 is 2.33 bits per heavy atom. The van der Waals surface area contributed by atoms with Crippen LogP contribution >= 0.6 is 0 Å². The van der Waals surface area contributed by atoms with Crippen LogP contribution in [-0.4, -0.2) is 0 Å². The number of hydrogen-bond acceptors (Lipinski definition) is 0. The standard InChI is InChI=1S/C15H16/c1-4-12-9-10-13(11(2)3)15-8-6-5-7-14(12)15/h5-10H,2,4H2,1,3H3. The third-order valence-corrected chi connectivity index (χ3v) is 2.86. The highest BCUT2D eigenvalue weighted by atomic mass is 14.1. The van der Waals surface area contributed by atoms with E-state index >= 15 is 0 Å². The second-order valence-electron chi connectivity index (χ2n) is 3.95. The topological polar surface area (TPSA) is 0 Å². The molecule has 2 rings (SSSR count). The molecule has 2 aromatic carbocycles. The lowest BCUT2D eigenvalue weighted by molar-refractivity contribution is 1.16. The van der Waals surface area contributed by atoms with Crippen molar-refractivity contribution in [3.63, 3.8) is 0 Å². The highest BCUT2D eigenvalue weighted by Gasteiger charge is 2.04. The number of aryl methyl sites for hydroxylation is 1. The lowest BCUT2D eigenvalue weighted by Gasteiger charge is -2.09. The van der Waals surface area contributed by atoms with Gasteiger partial charge in [0.1, 0.15) is 0 Å². The summed E-state index contributed by atoms with van der Waals surface area (Å²) in [6.07, 6.45) is 1.08. The quantitative estimate of drug-likeness (QED) is 0.666. The molecule has 0 bridgehead atoms. The van der Waals surface area contributed by atoms with Crippen LogP contribution in [0.3, 0.4) is 0 Å². The van der Waals surface area contributed by atoms with Gasteiger partial charge in [-0.3, -0.25) is 0 Å². The van der Waals surface area contributed by atoms with E-state index in [1.165, 1.54) is 21.9 Å². The first-order valence-corrected chi connectivity index (χ1v) is 5.40. The van der Waals surface area contributed by atoms with Crippen LogP contribution in [0.4, 0.5) is 0 Å². The number of hydrogen-bond donors (Lipinski definition) is 0. The van der Waals surface area contributed by atoms with Crippen molar-refractivity contribution in [2.24, 2.45) is 0 Å². The normalized spacial score (nSPS) is 10.5. The highest BCUT2D eigenvalue weighted by molar-refractivity contribution is 5.95. The number of benzene rings is 2. The van der Waals surface area contributed by atoms with Crippen molar-refractivity contribution in [3.05, 3.63) is 54.1 Å². The van der Waals surface area contributed by atoms with Crippen molar-refractivity contribution in [2.75, 3.05) is 0 Å². The summed E-state index contributed by atoms with van der Waals surface area (Å²) in [6, 6.07) is 13.0. The molecule has 0 aliphatic rings. The second kappa shape index (κ2) is 3.90. The molecule has 0 aliphatic carbocycles. The van der Waals surface area contributed by atoms with E-state index in [1.54, 1.807) is 0 Å². The zero-order valence-corrected chi connectivity index (χ0v) is 9.38. The zero-order valence-electron chi connectivity index (χ0n) is 9.38. The van der Waals surface area contributed by atoms with Crippen molar-refractivity contribution >= 4 is 16.3 Å². The first-order valence-electron chi connectivity index (χ1n) is 5.40. The van der Waals surface area contributed by atoms with Crippen LogP contribution in [0.2, 0.25) is 0 Å². The van der Waals surface area contributed by atoms with Gasteiger partial charge in [0.2, 0.25) is 0 Å². The number of allylic oxidation sites excluding steroid dienone is 1. The maximum absolute atomic E-state index is 4.03. The predicted octanol–water partition coefficient (Wildman–Crippen LogP) is 4.44. The third-order valence-electron chi connectivity index (χ3n) is 2.86. The summed E-state index contributed by atoms with van der Waals surface area (Å²) in [5.74, 6) is 0. The monoisotopic (exact) mass is 196 g/mol. The molecule has 0 saturated heterocycles. The summed E-state index contributed by atoms with van der Waals surface area (Å²) in [7, 11) is 0. The van der Waals surface area contributed by atoms with Gasteiger partial charge in [0.25, 0.3) is 0 Å². The van der Waals surface area contributed by atoms with Gasteiger partial charge in [-0.25, -0.2) is 0 Å². The SMILES string of the molecule is C=C(C)c1ccc(CC)c2ccccc12. The van der Waals surface area contributed by atoms with E-state index in [-0.39, 0.29) is 0 Å². The molecule has 0 spiro atoms. The second-order valence-corrected chi connectivity index (χ2v) is 3.95. The molecule has 0 nitrogen and oxygen atoms in total. The predicted molar refractivity (Wildman–Crippen MR) is 68.0 cm³/mol. The molecule has 0 heterocycles. The van der Waals surface area contributed by atoms with Gasteiger partial charge in [0, 0.05) is 0 Å². The van der Waals surface area contributed by atoms with E-state index in [0.29, 0.717) is 0 Å².